The Labute approximate surface area is 157 Å². The van der Waals surface area contributed by atoms with E-state index in [2.05, 4.69) is 122 Å². The molecule has 1 aliphatic heterocycles. The molecule has 0 saturated carbocycles. The molecule has 3 aromatic carbocycles. The molecule has 0 nitrogen and oxygen atoms in total. The minimum Gasteiger partial charge on any atom is -0.0892 e. The number of rotatable bonds is 4. The van der Waals surface area contributed by atoms with E-state index in [-0.39, 0.29) is 5.04 Å². The normalized spacial score (nSPS) is 19.4. The molecule has 0 N–H and O–H groups in total. The van der Waals surface area contributed by atoms with Crippen molar-refractivity contribution in [1.29, 1.82) is 0 Å². The Morgan fingerprint density at radius 2 is 1.00 bits per heavy atom. The maximum atomic E-state index is 2.51. The summed E-state index contributed by atoms with van der Waals surface area (Å²) in [6, 6.07) is 33.2. The van der Waals surface area contributed by atoms with E-state index in [1.54, 1.807) is 0 Å². The van der Waals surface area contributed by atoms with Crippen molar-refractivity contribution in [1.82, 2.24) is 0 Å². The highest BCUT2D eigenvalue weighted by Gasteiger charge is 2.53. The van der Waals surface area contributed by atoms with Crippen molar-refractivity contribution in [2.45, 2.75) is 18.5 Å². The van der Waals surface area contributed by atoms with Gasteiger partial charge in [0, 0.05) is 5.04 Å². The second kappa shape index (κ2) is 6.58. The van der Waals surface area contributed by atoms with Crippen molar-refractivity contribution in [3.8, 4) is 0 Å². The second-order valence-electron chi connectivity index (χ2n) is 7.26. The van der Waals surface area contributed by atoms with Crippen LogP contribution in [-0.4, -0.2) is 8.07 Å². The topological polar surface area (TPSA) is 0 Å². The zero-order valence-electron chi connectivity index (χ0n) is 15.4. The Morgan fingerprint density at radius 3 is 1.31 bits per heavy atom. The molecule has 0 spiro atoms. The average Bonchev–Trinajstić information content (AvgIpc) is 3.04. The van der Waals surface area contributed by atoms with Gasteiger partial charge in [0.05, 0.1) is 0 Å². The second-order valence-corrected chi connectivity index (χ2v) is 11.5. The van der Waals surface area contributed by atoms with Crippen molar-refractivity contribution in [2.75, 3.05) is 0 Å². The Kier molecular flexibility index (Phi) is 4.26. The third kappa shape index (κ3) is 2.35. The minimum absolute atomic E-state index is 0.148. The highest BCUT2D eigenvalue weighted by atomic mass is 28.3. The summed E-state index contributed by atoms with van der Waals surface area (Å²) in [5.41, 5.74) is 6.65. The van der Waals surface area contributed by atoms with E-state index in [4.69, 9.17) is 0 Å². The van der Waals surface area contributed by atoms with Crippen molar-refractivity contribution in [3.63, 3.8) is 0 Å². The molecule has 3 aromatic rings. The predicted molar refractivity (Wildman–Crippen MR) is 114 cm³/mol. The molecule has 26 heavy (non-hydrogen) atoms. The van der Waals surface area contributed by atoms with Crippen LogP contribution in [0.5, 0.6) is 0 Å². The van der Waals surface area contributed by atoms with E-state index in [0.717, 1.165) is 0 Å². The van der Waals surface area contributed by atoms with E-state index in [9.17, 15) is 0 Å². The van der Waals surface area contributed by atoms with Crippen LogP contribution in [0.2, 0.25) is 6.55 Å². The Bertz CT molecular complexity index is 843. The van der Waals surface area contributed by atoms with Gasteiger partial charge < -0.3 is 0 Å². The van der Waals surface area contributed by atoms with Crippen LogP contribution in [0.15, 0.2) is 114 Å². The van der Waals surface area contributed by atoms with Gasteiger partial charge in [0.1, 0.15) is 8.07 Å². The molecular weight excluding hydrogens is 328 g/mol. The van der Waals surface area contributed by atoms with Crippen molar-refractivity contribution < 1.29 is 0 Å². The lowest BCUT2D eigenvalue weighted by Crippen LogP contribution is -2.55. The molecule has 0 radical (unpaired) electrons. The fourth-order valence-electron chi connectivity index (χ4n) is 4.57. The predicted octanol–water partition coefficient (Wildman–Crippen LogP) is 6.23. The van der Waals surface area contributed by atoms with Crippen LogP contribution in [0.25, 0.3) is 0 Å². The van der Waals surface area contributed by atoms with Crippen molar-refractivity contribution in [3.05, 3.63) is 131 Å². The average molecular weight is 353 g/mol. The van der Waals surface area contributed by atoms with Gasteiger partial charge in [-0.3, -0.25) is 0 Å². The van der Waals surface area contributed by atoms with Crippen LogP contribution >= 0.6 is 0 Å². The fraction of sp³-hybridized carbons (Fsp3) is 0.120. The lowest BCUT2D eigenvalue weighted by molar-refractivity contribution is 0.836. The molecule has 0 bridgehead atoms. The Morgan fingerprint density at radius 1 is 0.615 bits per heavy atom. The van der Waals surface area contributed by atoms with Gasteiger partial charge in [-0.05, 0) is 23.6 Å². The van der Waals surface area contributed by atoms with Crippen LogP contribution in [0.1, 0.15) is 23.6 Å². The highest BCUT2D eigenvalue weighted by Crippen LogP contribution is 2.50. The quantitative estimate of drug-likeness (QED) is 0.385. The Hall–Kier alpha value is -2.64. The van der Waals surface area contributed by atoms with Crippen LogP contribution in [-0.2, 0) is 5.04 Å². The molecule has 1 aliphatic rings. The van der Waals surface area contributed by atoms with Gasteiger partial charge in [0.25, 0.3) is 0 Å². The van der Waals surface area contributed by atoms with Gasteiger partial charge in [-0.25, -0.2) is 0 Å². The number of hydrogen-bond donors (Lipinski definition) is 0. The van der Waals surface area contributed by atoms with Crippen molar-refractivity contribution in [2.24, 2.45) is 0 Å². The van der Waals surface area contributed by atoms with E-state index in [1.807, 2.05) is 0 Å². The van der Waals surface area contributed by atoms with Crippen LogP contribution in [0.3, 0.4) is 0 Å². The van der Waals surface area contributed by atoms with E-state index < -0.39 is 8.07 Å². The summed E-state index contributed by atoms with van der Waals surface area (Å²) in [6.45, 7) is 4.82. The maximum absolute atomic E-state index is 2.51. The maximum Gasteiger partial charge on any atom is 0.122 e. The first-order chi connectivity index (χ1) is 12.7. The molecule has 0 fully saturated rings. The standard InChI is InChI=1S/C25H24Si/c1-21-13-12-20-26(21,2)25(22-14-6-3-7-15-22,23-16-8-4-9-17-23)24-18-10-5-11-19-24/h3-20H,1-2H3. The summed E-state index contributed by atoms with van der Waals surface area (Å²) < 4.78 is 0. The number of hydrogen-bond acceptors (Lipinski definition) is 0. The van der Waals surface area contributed by atoms with Gasteiger partial charge in [-0.1, -0.05) is 121 Å². The summed E-state index contributed by atoms with van der Waals surface area (Å²) in [6.07, 6.45) is 4.58. The smallest absolute Gasteiger partial charge is 0.0892 e. The fourth-order valence-corrected chi connectivity index (χ4v) is 8.90. The molecule has 0 aliphatic carbocycles. The molecule has 0 aromatic heterocycles. The monoisotopic (exact) mass is 352 g/mol. The highest BCUT2D eigenvalue weighted by molar-refractivity contribution is 6.94. The molecule has 128 valence electrons. The zero-order chi connectivity index (χ0) is 18.0. The van der Waals surface area contributed by atoms with E-state index >= 15 is 0 Å². The van der Waals surface area contributed by atoms with Gasteiger partial charge in [-0.15, -0.1) is 0 Å². The minimum atomic E-state index is -2.01. The first-order valence-electron chi connectivity index (χ1n) is 9.23. The third-order valence-corrected chi connectivity index (χ3v) is 11.1. The SMILES string of the molecule is CC1=CC=C[Si]1(C)C(c1ccccc1)(c1ccccc1)c1ccccc1. The van der Waals surface area contributed by atoms with Crippen LogP contribution in [0.4, 0.5) is 0 Å². The van der Waals surface area contributed by atoms with Gasteiger partial charge in [0.2, 0.25) is 0 Å². The van der Waals surface area contributed by atoms with E-state index in [0.29, 0.717) is 0 Å². The number of allylic oxidation sites excluding steroid dienone is 3. The third-order valence-electron chi connectivity index (χ3n) is 5.99. The summed E-state index contributed by atoms with van der Waals surface area (Å²) in [4.78, 5) is 0. The summed E-state index contributed by atoms with van der Waals surface area (Å²) >= 11 is 0. The Balaban J connectivity index is 2.15. The molecule has 1 heterocycles. The van der Waals surface area contributed by atoms with E-state index in [1.165, 1.54) is 21.9 Å². The lowest BCUT2D eigenvalue weighted by Gasteiger charge is -2.47. The molecule has 0 saturated heterocycles. The lowest BCUT2D eigenvalue weighted by atomic mass is 9.83. The largest absolute Gasteiger partial charge is 0.122 e. The first-order valence-corrected chi connectivity index (χ1v) is 11.8. The van der Waals surface area contributed by atoms with Crippen LogP contribution in [0, 0.1) is 0 Å². The molecule has 1 heteroatoms. The molecule has 1 unspecified atom stereocenters. The zero-order valence-corrected chi connectivity index (χ0v) is 16.4. The number of benzene rings is 3. The van der Waals surface area contributed by atoms with Gasteiger partial charge in [0.15, 0.2) is 0 Å². The molecule has 4 rings (SSSR count). The summed E-state index contributed by atoms with van der Waals surface area (Å²) in [7, 11) is -2.01. The van der Waals surface area contributed by atoms with Crippen molar-refractivity contribution >= 4 is 8.07 Å². The molecule has 1 atom stereocenters. The molecule has 0 amide bonds. The van der Waals surface area contributed by atoms with Crippen LogP contribution < -0.4 is 0 Å². The molecular formula is C25H24Si. The summed E-state index contributed by atoms with van der Waals surface area (Å²) in [5.74, 6) is 0. The van der Waals surface area contributed by atoms with Gasteiger partial charge >= 0.3 is 0 Å². The first kappa shape index (κ1) is 16.8. The summed E-state index contributed by atoms with van der Waals surface area (Å²) in [5, 5.41) is 1.37. The van der Waals surface area contributed by atoms with Gasteiger partial charge in [-0.2, -0.15) is 0 Å².